The van der Waals surface area contributed by atoms with Crippen molar-refractivity contribution in [2.24, 2.45) is 0 Å². The number of ether oxygens (including phenoxy) is 1. The van der Waals surface area contributed by atoms with Gasteiger partial charge in [-0.25, -0.2) is 0 Å². The van der Waals surface area contributed by atoms with Gasteiger partial charge in [-0.05, 0) is 80.6 Å². The van der Waals surface area contributed by atoms with Crippen LogP contribution in [0.4, 0.5) is 0 Å². The van der Waals surface area contributed by atoms with Gasteiger partial charge in [0.25, 0.3) is 5.91 Å². The fourth-order valence-corrected chi connectivity index (χ4v) is 5.60. The van der Waals surface area contributed by atoms with E-state index in [1.165, 1.54) is 16.5 Å². The molecule has 0 saturated carbocycles. The number of benzene rings is 3. The average Bonchev–Trinajstić information content (AvgIpc) is 2.91. The van der Waals surface area contributed by atoms with Crippen molar-refractivity contribution in [2.45, 2.75) is 51.7 Å². The highest BCUT2D eigenvalue weighted by atomic mass is 16.5. The van der Waals surface area contributed by atoms with E-state index >= 15 is 0 Å². The van der Waals surface area contributed by atoms with Crippen LogP contribution in [0.15, 0.2) is 79.0 Å². The van der Waals surface area contributed by atoms with E-state index in [0.29, 0.717) is 6.04 Å². The number of para-hydroxylation sites is 1. The first kappa shape index (κ1) is 25.0. The maximum absolute atomic E-state index is 13.7. The Hall–Kier alpha value is -3.70. The van der Waals surface area contributed by atoms with E-state index in [1.54, 1.807) is 7.11 Å². The van der Waals surface area contributed by atoms with Crippen LogP contribution in [0.3, 0.4) is 0 Å². The molecule has 5 nitrogen and oxygen atoms in total. The van der Waals surface area contributed by atoms with Crippen LogP contribution in [0, 0.1) is 13.8 Å². The molecule has 5 rings (SSSR count). The van der Waals surface area contributed by atoms with Crippen molar-refractivity contribution in [3.8, 4) is 5.75 Å². The van der Waals surface area contributed by atoms with Crippen LogP contribution in [0.2, 0.25) is 0 Å². The Labute approximate surface area is 219 Å². The molecule has 0 bridgehead atoms. The first-order valence-electron chi connectivity index (χ1n) is 13.1. The maximum atomic E-state index is 13.7. The summed E-state index contributed by atoms with van der Waals surface area (Å²) in [4.78, 5) is 20.3. The molecular formula is C32H35N3O2. The SMILES string of the molecule is COc1cccc(C[C@@H]2C[C@@H](NCc3ccnc4ccccc34)CCN2C(=O)c2cc(C)cc(C)c2)c1. The molecule has 2 atom stereocenters. The minimum Gasteiger partial charge on any atom is -0.497 e. The Morgan fingerprint density at radius 2 is 1.84 bits per heavy atom. The van der Waals surface area contributed by atoms with Gasteiger partial charge in [-0.15, -0.1) is 0 Å². The second kappa shape index (κ2) is 11.1. The molecule has 0 radical (unpaired) electrons. The van der Waals surface area contributed by atoms with Crippen molar-refractivity contribution in [3.63, 3.8) is 0 Å². The van der Waals surface area contributed by atoms with E-state index in [1.807, 2.05) is 36.5 Å². The molecule has 5 heteroatoms. The average molecular weight is 494 g/mol. The summed E-state index contributed by atoms with van der Waals surface area (Å²) in [5.41, 5.74) is 6.48. The van der Waals surface area contributed by atoms with Crippen LogP contribution in [0.5, 0.6) is 5.75 Å². The second-order valence-electron chi connectivity index (χ2n) is 10.2. The normalized spacial score (nSPS) is 17.6. The van der Waals surface area contributed by atoms with Crippen LogP contribution >= 0.6 is 0 Å². The molecule has 190 valence electrons. The van der Waals surface area contributed by atoms with E-state index in [0.717, 1.165) is 60.3 Å². The summed E-state index contributed by atoms with van der Waals surface area (Å²) in [6.07, 6.45) is 4.51. The number of carbonyl (C=O) groups excluding carboxylic acids is 1. The number of amides is 1. The summed E-state index contributed by atoms with van der Waals surface area (Å²) in [5.74, 6) is 0.970. The van der Waals surface area contributed by atoms with Gasteiger partial charge in [0.15, 0.2) is 0 Å². The molecular weight excluding hydrogens is 458 g/mol. The third-order valence-electron chi connectivity index (χ3n) is 7.37. The van der Waals surface area contributed by atoms with Crippen molar-refractivity contribution >= 4 is 16.8 Å². The van der Waals surface area contributed by atoms with E-state index in [-0.39, 0.29) is 11.9 Å². The van der Waals surface area contributed by atoms with Crippen molar-refractivity contribution < 1.29 is 9.53 Å². The third kappa shape index (κ3) is 5.83. The third-order valence-corrected chi connectivity index (χ3v) is 7.37. The minimum absolute atomic E-state index is 0.0980. The Bertz CT molecular complexity index is 1370. The number of piperidine rings is 1. The molecule has 37 heavy (non-hydrogen) atoms. The summed E-state index contributed by atoms with van der Waals surface area (Å²) in [7, 11) is 1.69. The van der Waals surface area contributed by atoms with Crippen LogP contribution in [0.1, 0.15) is 45.5 Å². The lowest BCUT2D eigenvalue weighted by atomic mass is 9.91. The first-order chi connectivity index (χ1) is 18.0. The predicted molar refractivity (Wildman–Crippen MR) is 149 cm³/mol. The lowest BCUT2D eigenvalue weighted by Crippen LogP contribution is -2.51. The van der Waals surface area contributed by atoms with Crippen LogP contribution < -0.4 is 10.1 Å². The molecule has 1 fully saturated rings. The molecule has 1 aliphatic heterocycles. The Morgan fingerprint density at radius 3 is 2.65 bits per heavy atom. The highest BCUT2D eigenvalue weighted by Gasteiger charge is 2.32. The summed E-state index contributed by atoms with van der Waals surface area (Å²) >= 11 is 0. The lowest BCUT2D eigenvalue weighted by molar-refractivity contribution is 0.0576. The van der Waals surface area contributed by atoms with Crippen molar-refractivity contribution in [2.75, 3.05) is 13.7 Å². The number of fused-ring (bicyclic) bond motifs is 1. The maximum Gasteiger partial charge on any atom is 0.254 e. The standard InChI is InChI=1S/C32H35N3O2/c1-22-15-23(2)17-26(16-22)32(36)35-14-12-27(20-28(35)18-24-7-6-8-29(19-24)37-3)34-21-25-11-13-33-31-10-5-4-9-30(25)31/h4-11,13,15-17,19,27-28,34H,12,14,18,20-21H2,1-3H3/t27-,28+/m0/s1. The molecule has 0 aliphatic carbocycles. The van der Waals surface area contributed by atoms with Gasteiger partial charge in [-0.2, -0.15) is 0 Å². The Kier molecular flexibility index (Phi) is 7.52. The number of nitrogens with one attached hydrogen (secondary N) is 1. The van der Waals surface area contributed by atoms with Gasteiger partial charge < -0.3 is 15.0 Å². The molecule has 2 heterocycles. The largest absolute Gasteiger partial charge is 0.497 e. The van der Waals surface area contributed by atoms with Gasteiger partial charge >= 0.3 is 0 Å². The van der Waals surface area contributed by atoms with Gasteiger partial charge in [0.05, 0.1) is 12.6 Å². The molecule has 1 saturated heterocycles. The molecule has 1 amide bonds. The van der Waals surface area contributed by atoms with Gasteiger partial charge in [-0.1, -0.05) is 47.5 Å². The smallest absolute Gasteiger partial charge is 0.254 e. The molecule has 1 aliphatic rings. The number of likely N-dealkylation sites (tertiary alicyclic amines) is 1. The highest BCUT2D eigenvalue weighted by molar-refractivity contribution is 5.95. The zero-order valence-corrected chi connectivity index (χ0v) is 21.9. The number of hydrogen-bond acceptors (Lipinski definition) is 4. The van der Waals surface area contributed by atoms with Crippen molar-refractivity contribution in [3.05, 3.63) is 107 Å². The summed E-state index contributed by atoms with van der Waals surface area (Å²) in [5, 5.41) is 4.98. The number of pyridine rings is 1. The van der Waals surface area contributed by atoms with Gasteiger partial charge in [0.2, 0.25) is 0 Å². The minimum atomic E-state index is 0.0980. The van der Waals surface area contributed by atoms with E-state index in [9.17, 15) is 4.79 Å². The van der Waals surface area contributed by atoms with Crippen molar-refractivity contribution in [1.82, 2.24) is 15.2 Å². The Morgan fingerprint density at radius 1 is 1.03 bits per heavy atom. The zero-order chi connectivity index (χ0) is 25.8. The van der Waals surface area contributed by atoms with Gasteiger partial charge in [-0.3, -0.25) is 9.78 Å². The van der Waals surface area contributed by atoms with E-state index in [2.05, 4.69) is 71.5 Å². The number of carbonyl (C=O) groups is 1. The highest BCUT2D eigenvalue weighted by Crippen LogP contribution is 2.26. The Balaban J connectivity index is 1.36. The predicted octanol–water partition coefficient (Wildman–Crippen LogP) is 5.87. The fourth-order valence-electron chi connectivity index (χ4n) is 5.60. The van der Waals surface area contributed by atoms with Crippen LogP contribution in [-0.4, -0.2) is 41.5 Å². The van der Waals surface area contributed by atoms with Gasteiger partial charge in [0, 0.05) is 42.3 Å². The fraction of sp³-hybridized carbons (Fsp3) is 0.312. The number of nitrogens with zero attached hydrogens (tertiary/aromatic N) is 2. The van der Waals surface area contributed by atoms with Crippen molar-refractivity contribution in [1.29, 1.82) is 0 Å². The summed E-state index contributed by atoms with van der Waals surface area (Å²) in [6.45, 7) is 5.62. The molecule has 0 spiro atoms. The number of hydrogen-bond donors (Lipinski definition) is 1. The summed E-state index contributed by atoms with van der Waals surface area (Å²) < 4.78 is 5.46. The monoisotopic (exact) mass is 493 g/mol. The second-order valence-corrected chi connectivity index (χ2v) is 10.2. The van der Waals surface area contributed by atoms with E-state index in [4.69, 9.17) is 4.74 Å². The topological polar surface area (TPSA) is 54.5 Å². The number of aromatic nitrogens is 1. The molecule has 1 aromatic heterocycles. The van der Waals surface area contributed by atoms with Crippen LogP contribution in [-0.2, 0) is 13.0 Å². The molecule has 4 aromatic rings. The quantitative estimate of drug-likeness (QED) is 0.350. The van der Waals surface area contributed by atoms with Crippen LogP contribution in [0.25, 0.3) is 10.9 Å². The first-order valence-corrected chi connectivity index (χ1v) is 13.1. The lowest BCUT2D eigenvalue weighted by Gasteiger charge is -2.40. The zero-order valence-electron chi connectivity index (χ0n) is 21.9. The molecule has 0 unspecified atom stereocenters. The van der Waals surface area contributed by atoms with Gasteiger partial charge in [0.1, 0.15) is 5.75 Å². The number of aryl methyl sites for hydroxylation is 2. The van der Waals surface area contributed by atoms with E-state index < -0.39 is 0 Å². The molecule has 1 N–H and O–H groups in total. The molecule has 3 aromatic carbocycles. The summed E-state index contributed by atoms with van der Waals surface area (Å²) in [6, 6.07) is 25.1. The number of rotatable bonds is 7. The number of methoxy groups -OCH3 is 1.